The van der Waals surface area contributed by atoms with Gasteiger partial charge in [-0.15, -0.1) is 0 Å². The van der Waals surface area contributed by atoms with Crippen molar-refractivity contribution in [3.8, 4) is 28.7 Å². The van der Waals surface area contributed by atoms with E-state index >= 15 is 0 Å². The number of phenols is 1. The molecule has 0 saturated heterocycles. The number of hydrogen-bond donors (Lipinski definition) is 2. The van der Waals surface area contributed by atoms with E-state index in [2.05, 4.69) is 0 Å². The number of aromatic hydroxyl groups is 1. The van der Waals surface area contributed by atoms with E-state index in [-0.39, 0.29) is 57.4 Å². The van der Waals surface area contributed by atoms with Gasteiger partial charge in [0, 0.05) is 5.56 Å². The molecule has 140 valence electrons. The third-order valence-corrected chi connectivity index (χ3v) is 4.79. The van der Waals surface area contributed by atoms with Crippen molar-refractivity contribution in [2.45, 2.75) is 27.1 Å². The third-order valence-electron chi connectivity index (χ3n) is 4.79. The lowest BCUT2D eigenvalue weighted by atomic mass is 10.0. The highest BCUT2D eigenvalue weighted by molar-refractivity contribution is 6.01. The maximum atomic E-state index is 12.8. The Hall–Kier alpha value is -3.26. The quantitative estimate of drug-likeness (QED) is 0.611. The van der Waals surface area contributed by atoms with Gasteiger partial charge in [-0.05, 0) is 25.5 Å². The topological polar surface area (TPSA) is 112 Å². The van der Waals surface area contributed by atoms with Crippen LogP contribution in [-0.2, 0) is 18.0 Å². The van der Waals surface area contributed by atoms with E-state index < -0.39 is 18.5 Å². The fourth-order valence-electron chi connectivity index (χ4n) is 3.40. The second-order valence-corrected chi connectivity index (χ2v) is 6.29. The van der Waals surface area contributed by atoms with Gasteiger partial charge < -0.3 is 29.2 Å². The SMILES string of the molecule is COc1cc(C)c2c(c1CO)Oc1c3c(c(O)c(C)c1OC2=O)C(=O)OC3. The monoisotopic (exact) mass is 372 g/mol. The molecule has 0 atom stereocenters. The van der Waals surface area contributed by atoms with Crippen LogP contribution in [0.4, 0.5) is 0 Å². The van der Waals surface area contributed by atoms with Crippen LogP contribution in [0.5, 0.6) is 28.7 Å². The largest absolute Gasteiger partial charge is 0.507 e. The number of carbonyl (C=O) groups excluding carboxylic acids is 2. The van der Waals surface area contributed by atoms with Gasteiger partial charge in [0.15, 0.2) is 17.2 Å². The van der Waals surface area contributed by atoms with Gasteiger partial charge in [-0.3, -0.25) is 0 Å². The number of phenolic OH excluding ortho intramolecular Hbond substituents is 1. The van der Waals surface area contributed by atoms with E-state index in [0.717, 1.165) is 0 Å². The van der Waals surface area contributed by atoms with E-state index in [4.69, 9.17) is 18.9 Å². The zero-order valence-electron chi connectivity index (χ0n) is 14.8. The number of aliphatic hydroxyl groups is 1. The van der Waals surface area contributed by atoms with Gasteiger partial charge in [0.05, 0.1) is 24.8 Å². The molecule has 2 aliphatic heterocycles. The van der Waals surface area contributed by atoms with Crippen molar-refractivity contribution >= 4 is 11.9 Å². The lowest BCUT2D eigenvalue weighted by Gasteiger charge is -2.17. The van der Waals surface area contributed by atoms with E-state index in [1.165, 1.54) is 14.0 Å². The molecule has 0 unspecified atom stereocenters. The lowest BCUT2D eigenvalue weighted by Crippen LogP contribution is -2.11. The average molecular weight is 372 g/mol. The molecule has 0 saturated carbocycles. The van der Waals surface area contributed by atoms with Crippen LogP contribution < -0.4 is 14.2 Å². The molecule has 0 aliphatic carbocycles. The summed E-state index contributed by atoms with van der Waals surface area (Å²) >= 11 is 0. The number of rotatable bonds is 2. The highest BCUT2D eigenvalue weighted by atomic mass is 16.6. The molecule has 0 bridgehead atoms. The first-order chi connectivity index (χ1) is 12.9. The zero-order chi connectivity index (χ0) is 19.5. The first kappa shape index (κ1) is 17.2. The second kappa shape index (κ2) is 5.88. The second-order valence-electron chi connectivity index (χ2n) is 6.29. The molecular formula is C19H16O8. The first-order valence-electron chi connectivity index (χ1n) is 8.15. The van der Waals surface area contributed by atoms with Crippen LogP contribution in [0.3, 0.4) is 0 Å². The predicted molar refractivity (Wildman–Crippen MR) is 90.6 cm³/mol. The Kier molecular flexibility index (Phi) is 3.74. The number of methoxy groups -OCH3 is 1. The number of benzene rings is 2. The number of hydrogen-bond acceptors (Lipinski definition) is 8. The lowest BCUT2D eigenvalue weighted by molar-refractivity contribution is 0.0532. The van der Waals surface area contributed by atoms with Crippen molar-refractivity contribution in [3.63, 3.8) is 0 Å². The summed E-state index contributed by atoms with van der Waals surface area (Å²) in [5.41, 5.74) is 1.38. The summed E-state index contributed by atoms with van der Waals surface area (Å²) in [5, 5.41) is 20.2. The number of aryl methyl sites for hydroxylation is 1. The minimum Gasteiger partial charge on any atom is -0.507 e. The molecule has 4 rings (SSSR count). The summed E-state index contributed by atoms with van der Waals surface area (Å²) in [5.74, 6) is -1.16. The van der Waals surface area contributed by atoms with Gasteiger partial charge in [-0.2, -0.15) is 0 Å². The van der Waals surface area contributed by atoms with Crippen molar-refractivity contribution in [1.29, 1.82) is 0 Å². The van der Waals surface area contributed by atoms with Gasteiger partial charge in [-0.25, -0.2) is 9.59 Å². The average Bonchev–Trinajstić information content (AvgIpc) is 2.95. The van der Waals surface area contributed by atoms with Gasteiger partial charge in [0.1, 0.15) is 29.2 Å². The van der Waals surface area contributed by atoms with Gasteiger partial charge >= 0.3 is 11.9 Å². The minimum atomic E-state index is -0.703. The molecule has 2 aliphatic rings. The Balaban J connectivity index is 2.06. The molecule has 2 N–H and O–H groups in total. The molecule has 2 aromatic rings. The molecule has 0 radical (unpaired) electrons. The predicted octanol–water partition coefficient (Wildman–Crippen LogP) is 2.51. The summed E-state index contributed by atoms with van der Waals surface area (Å²) in [4.78, 5) is 24.8. The van der Waals surface area contributed by atoms with Gasteiger partial charge in [-0.1, -0.05) is 0 Å². The third kappa shape index (κ3) is 2.26. The Labute approximate surface area is 153 Å². The Morgan fingerprint density at radius 3 is 2.48 bits per heavy atom. The van der Waals surface area contributed by atoms with E-state index in [0.29, 0.717) is 11.3 Å². The highest BCUT2D eigenvalue weighted by Crippen LogP contribution is 2.51. The van der Waals surface area contributed by atoms with Crippen LogP contribution in [0, 0.1) is 13.8 Å². The molecular weight excluding hydrogens is 356 g/mol. The maximum absolute atomic E-state index is 12.8. The summed E-state index contributed by atoms with van der Waals surface area (Å²) in [6, 6.07) is 1.60. The van der Waals surface area contributed by atoms with Crippen LogP contribution in [0.15, 0.2) is 6.07 Å². The molecule has 0 fully saturated rings. The molecule has 0 aromatic heterocycles. The summed E-state index contributed by atoms with van der Waals surface area (Å²) in [6.07, 6.45) is 0. The number of ether oxygens (including phenoxy) is 4. The molecule has 8 nitrogen and oxygen atoms in total. The highest BCUT2D eigenvalue weighted by Gasteiger charge is 2.38. The maximum Gasteiger partial charge on any atom is 0.347 e. The fourth-order valence-corrected chi connectivity index (χ4v) is 3.40. The summed E-state index contributed by atoms with van der Waals surface area (Å²) in [7, 11) is 1.44. The van der Waals surface area contributed by atoms with E-state index in [1.54, 1.807) is 13.0 Å². The van der Waals surface area contributed by atoms with Crippen molar-refractivity contribution < 1.29 is 38.7 Å². The van der Waals surface area contributed by atoms with Crippen molar-refractivity contribution in [2.75, 3.05) is 7.11 Å². The standard InChI is InChI=1S/C19H16O8/c1-7-4-11(24-3)9(5-20)16-12(7)19(23)27-15-8(2)14(21)13-10(17(15)26-16)6-25-18(13)22/h4,20-21H,5-6H2,1-3H3. The number of fused-ring (bicyclic) bond motifs is 4. The molecule has 0 spiro atoms. The van der Waals surface area contributed by atoms with Crippen molar-refractivity contribution in [2.24, 2.45) is 0 Å². The first-order valence-corrected chi connectivity index (χ1v) is 8.15. The summed E-state index contributed by atoms with van der Waals surface area (Å²) in [6.45, 7) is 2.62. The normalized spacial score (nSPS) is 14.4. The minimum absolute atomic E-state index is 0.00741. The van der Waals surface area contributed by atoms with Crippen molar-refractivity contribution in [1.82, 2.24) is 0 Å². The van der Waals surface area contributed by atoms with Gasteiger partial charge in [0.25, 0.3) is 0 Å². The summed E-state index contributed by atoms with van der Waals surface area (Å²) < 4.78 is 21.8. The van der Waals surface area contributed by atoms with E-state index in [9.17, 15) is 19.8 Å². The fraction of sp³-hybridized carbons (Fsp3) is 0.263. The van der Waals surface area contributed by atoms with Crippen LogP contribution >= 0.6 is 0 Å². The molecule has 2 heterocycles. The number of carbonyl (C=O) groups is 2. The van der Waals surface area contributed by atoms with Crippen LogP contribution in [-0.4, -0.2) is 29.3 Å². The van der Waals surface area contributed by atoms with Crippen molar-refractivity contribution in [3.05, 3.63) is 39.4 Å². The molecule has 27 heavy (non-hydrogen) atoms. The number of esters is 2. The Bertz CT molecular complexity index is 1020. The van der Waals surface area contributed by atoms with Crippen LogP contribution in [0.1, 0.15) is 43.0 Å². The molecule has 8 heteroatoms. The smallest absolute Gasteiger partial charge is 0.347 e. The molecule has 0 amide bonds. The Morgan fingerprint density at radius 1 is 1.07 bits per heavy atom. The van der Waals surface area contributed by atoms with Gasteiger partial charge in [0.2, 0.25) is 0 Å². The van der Waals surface area contributed by atoms with E-state index in [1.807, 2.05) is 0 Å². The van der Waals surface area contributed by atoms with Crippen LogP contribution in [0.2, 0.25) is 0 Å². The van der Waals surface area contributed by atoms with Crippen LogP contribution in [0.25, 0.3) is 0 Å². The zero-order valence-corrected chi connectivity index (χ0v) is 14.8. The number of aliphatic hydroxyl groups excluding tert-OH is 1. The Morgan fingerprint density at radius 2 is 1.81 bits per heavy atom. The molecule has 2 aromatic carbocycles. The number of cyclic esters (lactones) is 1.